The van der Waals surface area contributed by atoms with E-state index in [1.807, 2.05) is 35.1 Å². The Kier molecular flexibility index (Phi) is 4.85. The average Bonchev–Trinajstić information content (AvgIpc) is 2.84. The van der Waals surface area contributed by atoms with Gasteiger partial charge in [-0.3, -0.25) is 14.0 Å². The molecular weight excluding hydrogens is 290 g/mol. The van der Waals surface area contributed by atoms with E-state index in [9.17, 15) is 9.59 Å². The van der Waals surface area contributed by atoms with Crippen LogP contribution in [0.1, 0.15) is 30.3 Å². The SMILES string of the molecule is CSc1nc(C(=O)NC(C)CCC(=O)O)c2ccccn12. The van der Waals surface area contributed by atoms with Gasteiger partial charge in [0.05, 0.1) is 5.52 Å². The highest BCUT2D eigenvalue weighted by Crippen LogP contribution is 2.19. The summed E-state index contributed by atoms with van der Waals surface area (Å²) in [7, 11) is 0. The predicted molar refractivity (Wildman–Crippen MR) is 80.8 cm³/mol. The molecule has 0 radical (unpaired) electrons. The van der Waals surface area contributed by atoms with Crippen molar-refractivity contribution in [3.8, 4) is 0 Å². The molecule has 2 rings (SSSR count). The molecule has 1 unspecified atom stereocenters. The highest BCUT2D eigenvalue weighted by Gasteiger charge is 2.18. The minimum Gasteiger partial charge on any atom is -0.481 e. The van der Waals surface area contributed by atoms with Crippen molar-refractivity contribution in [1.29, 1.82) is 0 Å². The molecule has 0 spiro atoms. The fourth-order valence-electron chi connectivity index (χ4n) is 2.03. The molecule has 0 aliphatic carbocycles. The van der Waals surface area contributed by atoms with Gasteiger partial charge in [-0.15, -0.1) is 0 Å². The van der Waals surface area contributed by atoms with Crippen molar-refractivity contribution in [2.45, 2.75) is 31.0 Å². The Labute approximate surface area is 126 Å². The van der Waals surface area contributed by atoms with E-state index in [-0.39, 0.29) is 18.4 Å². The number of aliphatic carboxylic acids is 1. The second-order valence-corrected chi connectivity index (χ2v) is 5.48. The molecule has 2 heterocycles. The van der Waals surface area contributed by atoms with Crippen LogP contribution < -0.4 is 5.32 Å². The molecule has 0 fully saturated rings. The van der Waals surface area contributed by atoms with Crippen LogP contribution >= 0.6 is 11.8 Å². The summed E-state index contributed by atoms with van der Waals surface area (Å²) >= 11 is 1.46. The minimum atomic E-state index is -0.867. The van der Waals surface area contributed by atoms with Crippen molar-refractivity contribution in [2.75, 3.05) is 6.26 Å². The number of rotatable bonds is 6. The Balaban J connectivity index is 2.18. The van der Waals surface area contributed by atoms with Crippen molar-refractivity contribution in [3.63, 3.8) is 0 Å². The largest absolute Gasteiger partial charge is 0.481 e. The molecule has 21 heavy (non-hydrogen) atoms. The van der Waals surface area contributed by atoms with E-state index in [1.54, 1.807) is 6.92 Å². The minimum absolute atomic E-state index is 0.0292. The van der Waals surface area contributed by atoms with Gasteiger partial charge in [-0.05, 0) is 31.7 Å². The summed E-state index contributed by atoms with van der Waals surface area (Å²) in [4.78, 5) is 27.2. The summed E-state index contributed by atoms with van der Waals surface area (Å²) in [6.45, 7) is 1.79. The fraction of sp³-hybridized carbons (Fsp3) is 0.357. The topological polar surface area (TPSA) is 83.7 Å². The molecule has 0 aromatic carbocycles. The number of imidazole rings is 1. The molecule has 112 valence electrons. The first-order valence-electron chi connectivity index (χ1n) is 6.56. The van der Waals surface area contributed by atoms with Crippen LogP contribution in [0.3, 0.4) is 0 Å². The number of amides is 1. The number of fused-ring (bicyclic) bond motifs is 1. The zero-order valence-corrected chi connectivity index (χ0v) is 12.7. The summed E-state index contributed by atoms with van der Waals surface area (Å²) in [6.07, 6.45) is 4.18. The smallest absolute Gasteiger partial charge is 0.303 e. The van der Waals surface area contributed by atoms with Gasteiger partial charge in [0.15, 0.2) is 10.9 Å². The predicted octanol–water partition coefficient (Wildman–Crippen LogP) is 2.04. The van der Waals surface area contributed by atoms with Gasteiger partial charge >= 0.3 is 5.97 Å². The van der Waals surface area contributed by atoms with Crippen molar-refractivity contribution in [3.05, 3.63) is 30.1 Å². The van der Waals surface area contributed by atoms with E-state index in [0.29, 0.717) is 12.1 Å². The van der Waals surface area contributed by atoms with Gasteiger partial charge < -0.3 is 10.4 Å². The number of pyridine rings is 1. The second kappa shape index (κ2) is 6.62. The maximum absolute atomic E-state index is 12.3. The first-order valence-corrected chi connectivity index (χ1v) is 7.79. The van der Waals surface area contributed by atoms with Gasteiger partial charge in [0.25, 0.3) is 5.91 Å². The number of nitrogens with zero attached hydrogens (tertiary/aromatic N) is 2. The lowest BCUT2D eigenvalue weighted by Crippen LogP contribution is -2.33. The van der Waals surface area contributed by atoms with E-state index < -0.39 is 5.97 Å². The monoisotopic (exact) mass is 307 g/mol. The van der Waals surface area contributed by atoms with Gasteiger partial charge in [0.1, 0.15) is 0 Å². The number of carbonyl (C=O) groups excluding carboxylic acids is 1. The van der Waals surface area contributed by atoms with E-state index in [4.69, 9.17) is 5.11 Å². The molecule has 2 aromatic rings. The third kappa shape index (κ3) is 3.55. The summed E-state index contributed by atoms with van der Waals surface area (Å²) in [5.41, 5.74) is 1.10. The number of nitrogens with one attached hydrogen (secondary N) is 1. The van der Waals surface area contributed by atoms with E-state index >= 15 is 0 Å². The van der Waals surface area contributed by atoms with Crippen LogP contribution in [0.15, 0.2) is 29.6 Å². The third-order valence-electron chi connectivity index (χ3n) is 3.08. The molecule has 2 N–H and O–H groups in total. The first-order chi connectivity index (χ1) is 10.0. The number of hydrogen-bond donors (Lipinski definition) is 2. The third-order valence-corrected chi connectivity index (χ3v) is 3.74. The highest BCUT2D eigenvalue weighted by atomic mass is 32.2. The van der Waals surface area contributed by atoms with Gasteiger partial charge in [-0.2, -0.15) is 0 Å². The van der Waals surface area contributed by atoms with Crippen LogP contribution in [0.5, 0.6) is 0 Å². The number of hydrogen-bond acceptors (Lipinski definition) is 4. The van der Waals surface area contributed by atoms with Gasteiger partial charge in [-0.1, -0.05) is 17.8 Å². The lowest BCUT2D eigenvalue weighted by Gasteiger charge is -2.11. The molecule has 0 bridgehead atoms. The molecule has 0 aliphatic heterocycles. The Morgan fingerprint density at radius 2 is 2.24 bits per heavy atom. The van der Waals surface area contributed by atoms with Crippen molar-refractivity contribution in [2.24, 2.45) is 0 Å². The van der Waals surface area contributed by atoms with E-state index in [0.717, 1.165) is 10.7 Å². The molecular formula is C14H17N3O3S. The Morgan fingerprint density at radius 1 is 1.48 bits per heavy atom. The normalized spacial score (nSPS) is 12.3. The molecule has 7 heteroatoms. The molecule has 0 saturated carbocycles. The van der Waals surface area contributed by atoms with Crippen molar-refractivity contribution in [1.82, 2.24) is 14.7 Å². The molecule has 1 atom stereocenters. The van der Waals surface area contributed by atoms with Crippen LogP contribution in [0.2, 0.25) is 0 Å². The Bertz CT molecular complexity index is 669. The quantitative estimate of drug-likeness (QED) is 0.798. The van der Waals surface area contributed by atoms with Crippen molar-refractivity contribution >= 4 is 29.2 Å². The number of carboxylic acids is 1. The maximum Gasteiger partial charge on any atom is 0.303 e. The standard InChI is InChI=1S/C14H17N3O3S/c1-9(6-7-11(18)19)15-13(20)12-10-5-3-4-8-17(10)14(16-12)21-2/h3-5,8-9H,6-7H2,1-2H3,(H,15,20)(H,18,19). The number of aromatic nitrogens is 2. The van der Waals surface area contributed by atoms with Crippen molar-refractivity contribution < 1.29 is 14.7 Å². The Hall–Kier alpha value is -2.02. The molecule has 1 amide bonds. The van der Waals surface area contributed by atoms with Crippen LogP contribution in [0.25, 0.3) is 5.52 Å². The van der Waals surface area contributed by atoms with E-state index in [1.165, 1.54) is 11.8 Å². The summed E-state index contributed by atoms with van der Waals surface area (Å²) in [5.74, 6) is -1.15. The number of carbonyl (C=O) groups is 2. The lowest BCUT2D eigenvalue weighted by atomic mass is 10.2. The maximum atomic E-state index is 12.3. The zero-order valence-electron chi connectivity index (χ0n) is 11.9. The van der Waals surface area contributed by atoms with Gasteiger partial charge in [-0.25, -0.2) is 4.98 Å². The van der Waals surface area contributed by atoms with E-state index in [2.05, 4.69) is 10.3 Å². The first kappa shape index (κ1) is 15.4. The number of carboxylic acid groups (broad SMARTS) is 1. The van der Waals surface area contributed by atoms with Crippen LogP contribution in [0, 0.1) is 0 Å². The van der Waals surface area contributed by atoms with Gasteiger partial charge in [0.2, 0.25) is 0 Å². The number of thioether (sulfide) groups is 1. The van der Waals surface area contributed by atoms with Crippen LogP contribution in [-0.2, 0) is 4.79 Å². The summed E-state index contributed by atoms with van der Waals surface area (Å²) in [6, 6.07) is 5.35. The van der Waals surface area contributed by atoms with Crippen LogP contribution in [0.4, 0.5) is 0 Å². The molecule has 0 aliphatic rings. The average molecular weight is 307 g/mol. The van der Waals surface area contributed by atoms with Gasteiger partial charge in [0, 0.05) is 18.7 Å². The zero-order chi connectivity index (χ0) is 15.4. The molecule has 6 nitrogen and oxygen atoms in total. The summed E-state index contributed by atoms with van der Waals surface area (Å²) < 4.78 is 1.86. The molecule has 2 aromatic heterocycles. The molecule has 0 saturated heterocycles. The highest BCUT2D eigenvalue weighted by molar-refractivity contribution is 7.98. The summed E-state index contributed by atoms with van der Waals surface area (Å²) in [5, 5.41) is 12.2. The Morgan fingerprint density at radius 3 is 2.90 bits per heavy atom. The fourth-order valence-corrected chi connectivity index (χ4v) is 2.56. The van der Waals surface area contributed by atoms with Crippen LogP contribution in [-0.4, -0.2) is 38.7 Å². The second-order valence-electron chi connectivity index (χ2n) is 4.71. The lowest BCUT2D eigenvalue weighted by molar-refractivity contribution is -0.137.